The van der Waals surface area contributed by atoms with Crippen LogP contribution in [0.5, 0.6) is 0 Å². The van der Waals surface area contributed by atoms with Crippen LogP contribution < -0.4 is 0 Å². The standard InChI is InChI=1S/C18H18O2/c1-4-18(2,15-8-6-5-7-9-15)16-12-10-14(11-13-16)17(19)20-3/h4-13H,1H2,2-3H3/t18-/m0/s1. The van der Waals surface area contributed by atoms with Crippen LogP contribution in [0.3, 0.4) is 0 Å². The number of methoxy groups -OCH3 is 1. The first-order chi connectivity index (χ1) is 9.61. The fourth-order valence-electron chi connectivity index (χ4n) is 2.26. The molecule has 0 aliphatic rings. The minimum Gasteiger partial charge on any atom is -0.465 e. The third-order valence-electron chi connectivity index (χ3n) is 3.69. The molecule has 2 heteroatoms. The summed E-state index contributed by atoms with van der Waals surface area (Å²) in [6.07, 6.45) is 1.93. The fourth-order valence-corrected chi connectivity index (χ4v) is 2.26. The van der Waals surface area contributed by atoms with Crippen molar-refractivity contribution in [2.24, 2.45) is 0 Å². The van der Waals surface area contributed by atoms with Crippen molar-refractivity contribution in [2.75, 3.05) is 7.11 Å². The predicted octanol–water partition coefficient (Wildman–Crippen LogP) is 3.97. The van der Waals surface area contributed by atoms with E-state index in [9.17, 15) is 4.79 Å². The van der Waals surface area contributed by atoms with Crippen molar-refractivity contribution < 1.29 is 9.53 Å². The molecule has 0 aliphatic heterocycles. The van der Waals surface area contributed by atoms with Gasteiger partial charge in [-0.2, -0.15) is 0 Å². The monoisotopic (exact) mass is 266 g/mol. The van der Waals surface area contributed by atoms with E-state index in [0.717, 1.165) is 5.56 Å². The van der Waals surface area contributed by atoms with Crippen LogP contribution in [0.2, 0.25) is 0 Å². The van der Waals surface area contributed by atoms with Gasteiger partial charge in [0.1, 0.15) is 0 Å². The molecule has 20 heavy (non-hydrogen) atoms. The van der Waals surface area contributed by atoms with Crippen LogP contribution in [-0.2, 0) is 10.2 Å². The molecule has 0 aliphatic carbocycles. The predicted molar refractivity (Wildman–Crippen MR) is 80.9 cm³/mol. The van der Waals surface area contributed by atoms with Crippen LogP contribution in [-0.4, -0.2) is 13.1 Å². The Morgan fingerprint density at radius 1 is 1.05 bits per heavy atom. The van der Waals surface area contributed by atoms with Crippen molar-refractivity contribution in [1.82, 2.24) is 0 Å². The zero-order valence-corrected chi connectivity index (χ0v) is 11.8. The second kappa shape index (κ2) is 5.74. The average molecular weight is 266 g/mol. The number of ether oxygens (including phenoxy) is 1. The highest BCUT2D eigenvalue weighted by molar-refractivity contribution is 5.89. The molecule has 0 spiro atoms. The summed E-state index contributed by atoms with van der Waals surface area (Å²) >= 11 is 0. The van der Waals surface area contributed by atoms with Crippen LogP contribution in [0.4, 0.5) is 0 Å². The number of rotatable bonds is 4. The van der Waals surface area contributed by atoms with Gasteiger partial charge in [-0.25, -0.2) is 4.79 Å². The van der Waals surface area contributed by atoms with Crippen molar-refractivity contribution in [3.8, 4) is 0 Å². The van der Waals surface area contributed by atoms with Gasteiger partial charge < -0.3 is 4.74 Å². The Hall–Kier alpha value is -2.35. The molecule has 0 fully saturated rings. The normalized spacial score (nSPS) is 13.3. The maximum atomic E-state index is 11.5. The van der Waals surface area contributed by atoms with E-state index in [0.29, 0.717) is 5.56 Å². The van der Waals surface area contributed by atoms with Gasteiger partial charge in [-0.1, -0.05) is 48.5 Å². The molecule has 0 heterocycles. The van der Waals surface area contributed by atoms with Gasteiger partial charge in [0.15, 0.2) is 0 Å². The van der Waals surface area contributed by atoms with E-state index in [2.05, 4.69) is 25.6 Å². The van der Waals surface area contributed by atoms with E-state index in [1.165, 1.54) is 12.7 Å². The molecular formula is C18H18O2. The summed E-state index contributed by atoms with van der Waals surface area (Å²) in [6.45, 7) is 6.08. The Morgan fingerprint density at radius 2 is 1.60 bits per heavy atom. The molecule has 2 rings (SSSR count). The summed E-state index contributed by atoms with van der Waals surface area (Å²) in [4.78, 5) is 11.5. The first-order valence-corrected chi connectivity index (χ1v) is 6.50. The number of carbonyl (C=O) groups is 1. The summed E-state index contributed by atoms with van der Waals surface area (Å²) in [5.41, 5.74) is 2.53. The molecule has 102 valence electrons. The van der Waals surface area contributed by atoms with Crippen LogP contribution >= 0.6 is 0 Å². The Bertz CT molecular complexity index is 599. The molecule has 0 aromatic heterocycles. The smallest absolute Gasteiger partial charge is 0.337 e. The van der Waals surface area contributed by atoms with Crippen LogP contribution in [0.25, 0.3) is 0 Å². The third kappa shape index (κ3) is 2.50. The van der Waals surface area contributed by atoms with Gasteiger partial charge in [0.25, 0.3) is 0 Å². The number of benzene rings is 2. The van der Waals surface area contributed by atoms with E-state index >= 15 is 0 Å². The molecule has 0 N–H and O–H groups in total. The highest BCUT2D eigenvalue weighted by Gasteiger charge is 2.25. The van der Waals surface area contributed by atoms with Gasteiger partial charge in [0, 0.05) is 5.41 Å². The first kappa shape index (κ1) is 14.1. The molecule has 2 nitrogen and oxygen atoms in total. The number of esters is 1. The van der Waals surface area contributed by atoms with Crippen molar-refractivity contribution in [2.45, 2.75) is 12.3 Å². The number of allylic oxidation sites excluding steroid dienone is 1. The molecule has 0 radical (unpaired) electrons. The number of hydrogen-bond donors (Lipinski definition) is 0. The van der Waals surface area contributed by atoms with Crippen LogP contribution in [0.15, 0.2) is 67.3 Å². The largest absolute Gasteiger partial charge is 0.465 e. The Balaban J connectivity index is 2.42. The fraction of sp³-hybridized carbons (Fsp3) is 0.167. The van der Waals surface area contributed by atoms with Crippen molar-refractivity contribution in [1.29, 1.82) is 0 Å². The molecule has 0 unspecified atom stereocenters. The minimum absolute atomic E-state index is 0.282. The number of carbonyl (C=O) groups excluding carboxylic acids is 1. The summed E-state index contributed by atoms with van der Waals surface area (Å²) in [6, 6.07) is 17.6. The quantitative estimate of drug-likeness (QED) is 0.618. The van der Waals surface area contributed by atoms with Gasteiger partial charge in [-0.15, -0.1) is 6.58 Å². The van der Waals surface area contributed by atoms with Crippen LogP contribution in [0, 0.1) is 0 Å². The van der Waals surface area contributed by atoms with E-state index in [1.54, 1.807) is 12.1 Å². The molecular weight excluding hydrogens is 248 g/mol. The Kier molecular flexibility index (Phi) is 4.04. The molecule has 1 atom stereocenters. The minimum atomic E-state index is -0.323. The Morgan fingerprint density at radius 3 is 2.10 bits per heavy atom. The van der Waals surface area contributed by atoms with Gasteiger partial charge in [-0.05, 0) is 30.2 Å². The highest BCUT2D eigenvalue weighted by atomic mass is 16.5. The first-order valence-electron chi connectivity index (χ1n) is 6.50. The lowest BCUT2D eigenvalue weighted by atomic mass is 9.76. The molecule has 2 aromatic carbocycles. The van der Waals surface area contributed by atoms with Gasteiger partial charge in [0.2, 0.25) is 0 Å². The zero-order chi connectivity index (χ0) is 14.6. The second-order valence-electron chi connectivity index (χ2n) is 4.84. The molecule has 0 saturated carbocycles. The van der Waals surface area contributed by atoms with Gasteiger partial charge in [0.05, 0.1) is 12.7 Å². The molecule has 2 aromatic rings. The maximum Gasteiger partial charge on any atom is 0.337 e. The van der Waals surface area contributed by atoms with Gasteiger partial charge >= 0.3 is 5.97 Å². The van der Waals surface area contributed by atoms with E-state index in [4.69, 9.17) is 4.74 Å². The van der Waals surface area contributed by atoms with Crippen LogP contribution in [0.1, 0.15) is 28.4 Å². The molecule has 0 amide bonds. The van der Waals surface area contributed by atoms with Crippen molar-refractivity contribution in [3.63, 3.8) is 0 Å². The Labute approximate surface area is 119 Å². The third-order valence-corrected chi connectivity index (χ3v) is 3.69. The molecule has 0 bridgehead atoms. The molecule has 0 saturated heterocycles. The summed E-state index contributed by atoms with van der Waals surface area (Å²) < 4.78 is 4.71. The van der Waals surface area contributed by atoms with Crippen molar-refractivity contribution >= 4 is 5.97 Å². The van der Waals surface area contributed by atoms with Crippen molar-refractivity contribution in [3.05, 3.63) is 83.9 Å². The lowest BCUT2D eigenvalue weighted by Gasteiger charge is -2.27. The topological polar surface area (TPSA) is 26.3 Å². The summed E-state index contributed by atoms with van der Waals surface area (Å²) in [5, 5.41) is 0. The number of hydrogen-bond acceptors (Lipinski definition) is 2. The van der Waals surface area contributed by atoms with E-state index in [1.807, 2.05) is 36.4 Å². The zero-order valence-electron chi connectivity index (χ0n) is 11.8. The van der Waals surface area contributed by atoms with E-state index in [-0.39, 0.29) is 11.4 Å². The second-order valence-corrected chi connectivity index (χ2v) is 4.84. The SMILES string of the molecule is C=C[C@@](C)(c1ccccc1)c1ccc(C(=O)OC)cc1. The van der Waals surface area contributed by atoms with E-state index < -0.39 is 0 Å². The lowest BCUT2D eigenvalue weighted by Crippen LogP contribution is -2.20. The summed E-state index contributed by atoms with van der Waals surface area (Å²) in [7, 11) is 1.38. The summed E-state index contributed by atoms with van der Waals surface area (Å²) in [5.74, 6) is -0.323. The van der Waals surface area contributed by atoms with Gasteiger partial charge in [-0.3, -0.25) is 0 Å². The highest BCUT2D eigenvalue weighted by Crippen LogP contribution is 2.33. The maximum absolute atomic E-state index is 11.5. The lowest BCUT2D eigenvalue weighted by molar-refractivity contribution is 0.0600. The average Bonchev–Trinajstić information content (AvgIpc) is 2.54.